The molecule has 0 unspecified atom stereocenters. The number of thiazole rings is 1. The third kappa shape index (κ3) is 3.87. The van der Waals surface area contributed by atoms with Crippen LogP contribution >= 0.6 is 11.3 Å². The molecular formula is C21H20N4O3S2. The lowest BCUT2D eigenvalue weighted by Crippen LogP contribution is -2.18. The van der Waals surface area contributed by atoms with E-state index in [2.05, 4.69) is 34.0 Å². The van der Waals surface area contributed by atoms with E-state index in [0.29, 0.717) is 11.3 Å². The summed E-state index contributed by atoms with van der Waals surface area (Å²) >= 11 is 1.36. The van der Waals surface area contributed by atoms with E-state index in [1.807, 2.05) is 34.3 Å². The second kappa shape index (κ2) is 8.02. The van der Waals surface area contributed by atoms with E-state index in [1.165, 1.54) is 35.2 Å². The van der Waals surface area contributed by atoms with Gasteiger partial charge >= 0.3 is 0 Å². The summed E-state index contributed by atoms with van der Waals surface area (Å²) in [5.41, 5.74) is 1.33. The van der Waals surface area contributed by atoms with Crippen molar-refractivity contribution < 1.29 is 13.2 Å². The lowest BCUT2D eigenvalue weighted by molar-refractivity contribution is 0.0990. The molecule has 1 amide bonds. The summed E-state index contributed by atoms with van der Waals surface area (Å²) in [7, 11) is -0.682. The number of sulfonamides is 1. The van der Waals surface area contributed by atoms with E-state index in [9.17, 15) is 13.2 Å². The van der Waals surface area contributed by atoms with Crippen LogP contribution in [0.4, 0.5) is 0 Å². The number of fused-ring (bicyclic) bond motifs is 1. The zero-order valence-electron chi connectivity index (χ0n) is 16.4. The Hall–Kier alpha value is -3.01. The highest BCUT2D eigenvalue weighted by atomic mass is 32.2. The number of nitrogens with one attached hydrogen (secondary N) is 1. The lowest BCUT2D eigenvalue weighted by Gasteiger charge is -2.07. The fourth-order valence-corrected chi connectivity index (χ4v) is 4.80. The van der Waals surface area contributed by atoms with Crippen LogP contribution in [0.3, 0.4) is 0 Å². The number of carbonyl (C=O) groups is 1. The maximum atomic E-state index is 12.8. The monoisotopic (exact) mass is 440 g/mol. The van der Waals surface area contributed by atoms with Gasteiger partial charge in [0, 0.05) is 24.8 Å². The van der Waals surface area contributed by atoms with Gasteiger partial charge in [-0.05, 0) is 29.4 Å². The maximum Gasteiger partial charge on any atom is 0.296 e. The second-order valence-corrected chi connectivity index (χ2v) is 9.51. The molecule has 0 saturated carbocycles. The number of hydrogen-bond acceptors (Lipinski definition) is 4. The van der Waals surface area contributed by atoms with Crippen LogP contribution in [0.2, 0.25) is 0 Å². The fourth-order valence-electron chi connectivity index (χ4n) is 3.28. The number of carbonyl (C=O) groups excluding carboxylic acids is 1. The highest BCUT2D eigenvalue weighted by molar-refractivity contribution is 7.89. The van der Waals surface area contributed by atoms with E-state index < -0.39 is 15.9 Å². The standard InChI is InChI=1S/C21H20N4O3S2/c1-22-30(27,28)17-12-19(24(2)14-17)20(26)23-21-25(10-11-29-21)13-16-8-5-7-15-6-3-4-9-18(15)16/h3-12,14,22H,13H2,1-2H3. The quantitative estimate of drug-likeness (QED) is 0.518. The molecule has 2 aromatic carbocycles. The van der Waals surface area contributed by atoms with Gasteiger partial charge in [0.1, 0.15) is 10.6 Å². The van der Waals surface area contributed by atoms with E-state index in [1.54, 1.807) is 7.05 Å². The van der Waals surface area contributed by atoms with Crippen LogP contribution in [0.5, 0.6) is 0 Å². The molecule has 154 valence electrons. The highest BCUT2D eigenvalue weighted by Crippen LogP contribution is 2.19. The van der Waals surface area contributed by atoms with Crippen LogP contribution < -0.4 is 9.52 Å². The van der Waals surface area contributed by atoms with Crippen molar-refractivity contribution in [2.24, 2.45) is 12.0 Å². The van der Waals surface area contributed by atoms with Gasteiger partial charge in [0.2, 0.25) is 10.0 Å². The van der Waals surface area contributed by atoms with Gasteiger partial charge in [0.15, 0.2) is 4.80 Å². The van der Waals surface area contributed by atoms with Crippen molar-refractivity contribution in [3.8, 4) is 0 Å². The molecule has 30 heavy (non-hydrogen) atoms. The molecule has 0 fully saturated rings. The molecule has 0 spiro atoms. The predicted octanol–water partition coefficient (Wildman–Crippen LogP) is 2.74. The Labute approximate surface area is 178 Å². The molecule has 4 rings (SSSR count). The molecule has 0 aliphatic carbocycles. The first kappa shape index (κ1) is 20.3. The molecule has 0 aliphatic rings. The molecule has 0 saturated heterocycles. The van der Waals surface area contributed by atoms with Gasteiger partial charge in [-0.25, -0.2) is 13.1 Å². The van der Waals surface area contributed by atoms with Gasteiger partial charge < -0.3 is 9.13 Å². The minimum absolute atomic E-state index is 0.0286. The van der Waals surface area contributed by atoms with Gasteiger partial charge in [-0.3, -0.25) is 4.79 Å². The van der Waals surface area contributed by atoms with Crippen molar-refractivity contribution in [1.29, 1.82) is 0 Å². The predicted molar refractivity (Wildman–Crippen MR) is 117 cm³/mol. The minimum atomic E-state index is -3.63. The summed E-state index contributed by atoms with van der Waals surface area (Å²) < 4.78 is 29.6. The zero-order chi connectivity index (χ0) is 21.3. The highest BCUT2D eigenvalue weighted by Gasteiger charge is 2.19. The molecular weight excluding hydrogens is 420 g/mol. The smallest absolute Gasteiger partial charge is 0.296 e. The number of aromatic nitrogens is 2. The number of benzene rings is 2. The molecule has 9 heteroatoms. The summed E-state index contributed by atoms with van der Waals surface area (Å²) in [5, 5.41) is 4.18. The average molecular weight is 441 g/mol. The molecule has 0 radical (unpaired) electrons. The van der Waals surface area contributed by atoms with Crippen molar-refractivity contribution >= 4 is 38.0 Å². The number of nitrogens with zero attached hydrogens (tertiary/aromatic N) is 3. The van der Waals surface area contributed by atoms with Gasteiger partial charge in [-0.15, -0.1) is 11.3 Å². The molecule has 4 aromatic rings. The Morgan fingerprint density at radius 2 is 1.93 bits per heavy atom. The zero-order valence-corrected chi connectivity index (χ0v) is 18.1. The first-order valence-electron chi connectivity index (χ1n) is 9.18. The van der Waals surface area contributed by atoms with Gasteiger partial charge in [0.25, 0.3) is 5.91 Å². The molecule has 0 atom stereocenters. The number of amides is 1. The van der Waals surface area contributed by atoms with Crippen LogP contribution in [0.25, 0.3) is 10.8 Å². The molecule has 2 heterocycles. The molecule has 1 N–H and O–H groups in total. The largest absolute Gasteiger partial charge is 0.345 e. The number of aryl methyl sites for hydroxylation is 1. The summed E-state index contributed by atoms with van der Waals surface area (Å²) in [6.07, 6.45) is 3.29. The Morgan fingerprint density at radius 1 is 1.17 bits per heavy atom. The van der Waals surface area contributed by atoms with Crippen LogP contribution in [-0.4, -0.2) is 30.5 Å². The van der Waals surface area contributed by atoms with Crippen molar-refractivity contribution in [1.82, 2.24) is 13.9 Å². The molecule has 0 bridgehead atoms. The SMILES string of the molecule is CNS(=O)(=O)c1cc(C(=O)N=c2sccn2Cc2cccc3ccccc23)n(C)c1. The first-order valence-corrected chi connectivity index (χ1v) is 11.5. The Balaban J connectivity index is 1.69. The van der Waals surface area contributed by atoms with E-state index in [0.717, 1.165) is 16.3 Å². The normalized spacial score (nSPS) is 12.5. The third-order valence-corrected chi connectivity index (χ3v) is 7.03. The van der Waals surface area contributed by atoms with E-state index in [4.69, 9.17) is 0 Å². The first-order chi connectivity index (χ1) is 14.4. The van der Waals surface area contributed by atoms with Gasteiger partial charge in [-0.2, -0.15) is 4.99 Å². The molecule has 7 nitrogen and oxygen atoms in total. The molecule has 0 aliphatic heterocycles. The summed E-state index contributed by atoms with van der Waals surface area (Å²) in [5.74, 6) is -0.496. The van der Waals surface area contributed by atoms with Gasteiger partial charge in [0.05, 0.1) is 6.54 Å². The fraction of sp³-hybridized carbons (Fsp3) is 0.143. The van der Waals surface area contributed by atoms with Crippen molar-refractivity contribution in [3.05, 3.63) is 82.4 Å². The van der Waals surface area contributed by atoms with Crippen LogP contribution in [0.15, 0.2) is 76.2 Å². The van der Waals surface area contributed by atoms with Crippen molar-refractivity contribution in [3.63, 3.8) is 0 Å². The van der Waals surface area contributed by atoms with Crippen LogP contribution in [0.1, 0.15) is 16.1 Å². The minimum Gasteiger partial charge on any atom is -0.345 e. The Morgan fingerprint density at radius 3 is 2.73 bits per heavy atom. The Kier molecular flexibility index (Phi) is 5.42. The van der Waals surface area contributed by atoms with E-state index in [-0.39, 0.29) is 10.6 Å². The third-order valence-electron chi connectivity index (χ3n) is 4.86. The van der Waals surface area contributed by atoms with Crippen molar-refractivity contribution in [2.45, 2.75) is 11.4 Å². The summed E-state index contributed by atoms with van der Waals surface area (Å²) in [6.45, 7) is 0.573. The van der Waals surface area contributed by atoms with Crippen LogP contribution in [-0.2, 0) is 23.6 Å². The summed E-state index contributed by atoms with van der Waals surface area (Å²) in [6, 6.07) is 15.6. The van der Waals surface area contributed by atoms with Crippen LogP contribution in [0, 0.1) is 0 Å². The maximum absolute atomic E-state index is 12.8. The molecule has 2 aromatic heterocycles. The second-order valence-electron chi connectivity index (χ2n) is 6.75. The van der Waals surface area contributed by atoms with Crippen molar-refractivity contribution in [2.75, 3.05) is 7.05 Å². The summed E-state index contributed by atoms with van der Waals surface area (Å²) in [4.78, 5) is 17.6. The number of rotatable bonds is 5. The average Bonchev–Trinajstić information content (AvgIpc) is 3.35. The lowest BCUT2D eigenvalue weighted by atomic mass is 10.0. The topological polar surface area (TPSA) is 85.5 Å². The van der Waals surface area contributed by atoms with E-state index >= 15 is 0 Å². The van der Waals surface area contributed by atoms with Gasteiger partial charge in [-0.1, -0.05) is 42.5 Å². The Bertz CT molecular complexity index is 1410. The number of hydrogen-bond donors (Lipinski definition) is 1.